The SMILES string of the molecule is COc1cc2c(cc1Nc1ncc(C#N)c(Nc3ccc(OCc4ccccn4)c(Cl)c3)n1)NCC21CC1. The van der Waals surface area contributed by atoms with Crippen molar-refractivity contribution in [1.82, 2.24) is 15.0 Å². The largest absolute Gasteiger partial charge is 0.495 e. The molecule has 1 aliphatic carbocycles. The van der Waals surface area contributed by atoms with Gasteiger partial charge in [0.25, 0.3) is 0 Å². The molecule has 1 fully saturated rings. The molecule has 0 atom stereocenters. The van der Waals surface area contributed by atoms with Crippen molar-refractivity contribution in [3.63, 3.8) is 0 Å². The van der Waals surface area contributed by atoms with Crippen molar-refractivity contribution in [1.29, 1.82) is 5.26 Å². The van der Waals surface area contributed by atoms with Gasteiger partial charge in [0.15, 0.2) is 5.82 Å². The van der Waals surface area contributed by atoms with Gasteiger partial charge < -0.3 is 25.4 Å². The minimum atomic E-state index is 0.253. The number of halogens is 1. The molecule has 2 aliphatic rings. The van der Waals surface area contributed by atoms with Crippen molar-refractivity contribution in [2.75, 3.05) is 29.6 Å². The van der Waals surface area contributed by atoms with E-state index in [9.17, 15) is 5.26 Å². The molecular formula is C28H24ClN7O2. The number of anilines is 5. The minimum absolute atomic E-state index is 0.253. The predicted octanol–water partition coefficient (Wildman–Crippen LogP) is 5.93. The summed E-state index contributed by atoms with van der Waals surface area (Å²) in [4.78, 5) is 13.1. The van der Waals surface area contributed by atoms with Gasteiger partial charge >= 0.3 is 0 Å². The molecule has 3 heterocycles. The Labute approximate surface area is 224 Å². The molecule has 38 heavy (non-hydrogen) atoms. The molecule has 0 bridgehead atoms. The van der Waals surface area contributed by atoms with E-state index in [1.54, 1.807) is 31.5 Å². The van der Waals surface area contributed by atoms with Gasteiger partial charge in [-0.2, -0.15) is 10.2 Å². The number of hydrogen-bond acceptors (Lipinski definition) is 9. The number of pyridine rings is 1. The van der Waals surface area contributed by atoms with Crippen LogP contribution < -0.4 is 25.4 Å². The van der Waals surface area contributed by atoms with Gasteiger partial charge in [0.05, 0.1) is 29.7 Å². The standard InChI is InChI=1S/C28H24ClN7O2/c1-37-25-11-20-22(33-16-28(20)7-8-28)12-23(25)35-27-32-14-17(13-30)26(36-27)34-18-5-6-24(21(29)10-18)38-15-19-4-2-3-9-31-19/h2-6,9-12,14,33H,7-8,15-16H2,1H3,(H2,32,34,35,36). The van der Waals surface area contributed by atoms with Gasteiger partial charge in [0.1, 0.15) is 29.7 Å². The van der Waals surface area contributed by atoms with E-state index >= 15 is 0 Å². The summed E-state index contributed by atoms with van der Waals surface area (Å²) in [7, 11) is 1.65. The number of aromatic nitrogens is 3. The summed E-state index contributed by atoms with van der Waals surface area (Å²) in [6, 6.07) is 17.2. The Morgan fingerprint density at radius 3 is 2.74 bits per heavy atom. The summed E-state index contributed by atoms with van der Waals surface area (Å²) in [5, 5.41) is 20.0. The fourth-order valence-corrected chi connectivity index (χ4v) is 4.83. The molecule has 10 heteroatoms. The monoisotopic (exact) mass is 525 g/mol. The molecule has 2 aromatic carbocycles. The van der Waals surface area contributed by atoms with Gasteiger partial charge in [0.2, 0.25) is 5.95 Å². The first-order chi connectivity index (χ1) is 18.6. The van der Waals surface area contributed by atoms with Crippen LogP contribution in [0.5, 0.6) is 11.5 Å². The number of ether oxygens (including phenoxy) is 2. The van der Waals surface area contributed by atoms with Gasteiger partial charge in [-0.25, -0.2) is 4.98 Å². The molecule has 9 nitrogen and oxygen atoms in total. The molecule has 0 amide bonds. The van der Waals surface area contributed by atoms with Gasteiger partial charge in [-0.05, 0) is 60.9 Å². The van der Waals surface area contributed by atoms with Crippen LogP contribution in [0.25, 0.3) is 0 Å². The van der Waals surface area contributed by atoms with E-state index in [-0.39, 0.29) is 5.41 Å². The van der Waals surface area contributed by atoms with Crippen LogP contribution in [0.3, 0.4) is 0 Å². The number of methoxy groups -OCH3 is 1. The summed E-state index contributed by atoms with van der Waals surface area (Å²) in [6.45, 7) is 1.25. The van der Waals surface area contributed by atoms with Crippen LogP contribution in [0.4, 0.5) is 28.8 Å². The summed E-state index contributed by atoms with van der Waals surface area (Å²) >= 11 is 6.46. The highest BCUT2D eigenvalue weighted by Crippen LogP contribution is 2.56. The Bertz CT molecular complexity index is 1550. The lowest BCUT2D eigenvalue weighted by Gasteiger charge is -2.15. The fraction of sp³-hybridized carbons (Fsp3) is 0.214. The van der Waals surface area contributed by atoms with E-state index in [1.807, 2.05) is 24.3 Å². The third-order valence-electron chi connectivity index (χ3n) is 6.83. The normalized spacial score (nSPS) is 14.2. The minimum Gasteiger partial charge on any atom is -0.495 e. The zero-order valence-electron chi connectivity index (χ0n) is 20.6. The lowest BCUT2D eigenvalue weighted by atomic mass is 9.98. The average Bonchev–Trinajstić information content (AvgIpc) is 3.65. The lowest BCUT2D eigenvalue weighted by molar-refractivity contribution is 0.301. The average molecular weight is 526 g/mol. The Kier molecular flexibility index (Phi) is 6.10. The number of benzene rings is 2. The molecule has 1 aliphatic heterocycles. The van der Waals surface area contributed by atoms with Crippen LogP contribution in [0.2, 0.25) is 5.02 Å². The first-order valence-electron chi connectivity index (χ1n) is 12.2. The zero-order valence-corrected chi connectivity index (χ0v) is 21.3. The summed E-state index contributed by atoms with van der Waals surface area (Å²) in [5.41, 5.74) is 5.13. The molecule has 0 saturated heterocycles. The highest BCUT2D eigenvalue weighted by molar-refractivity contribution is 6.32. The molecule has 6 rings (SSSR count). The molecule has 2 aromatic heterocycles. The van der Waals surface area contributed by atoms with E-state index in [0.717, 1.165) is 23.6 Å². The summed E-state index contributed by atoms with van der Waals surface area (Å²) in [5.74, 6) is 1.91. The van der Waals surface area contributed by atoms with Gasteiger partial charge in [-0.15, -0.1) is 0 Å². The highest BCUT2D eigenvalue weighted by Gasteiger charge is 2.49. The van der Waals surface area contributed by atoms with E-state index < -0.39 is 0 Å². The molecule has 0 radical (unpaired) electrons. The maximum absolute atomic E-state index is 9.63. The summed E-state index contributed by atoms with van der Waals surface area (Å²) < 4.78 is 11.5. The zero-order chi connectivity index (χ0) is 26.1. The van der Waals surface area contributed by atoms with E-state index in [1.165, 1.54) is 24.6 Å². The number of nitrogens with zero attached hydrogens (tertiary/aromatic N) is 4. The number of hydrogen-bond donors (Lipinski definition) is 3. The van der Waals surface area contributed by atoms with Gasteiger partial charge in [-0.1, -0.05) is 17.7 Å². The van der Waals surface area contributed by atoms with Crippen LogP contribution in [-0.2, 0) is 12.0 Å². The number of fused-ring (bicyclic) bond motifs is 2. The number of nitriles is 1. The second-order valence-electron chi connectivity index (χ2n) is 9.30. The molecule has 1 spiro atoms. The predicted molar refractivity (Wildman–Crippen MR) is 146 cm³/mol. The van der Waals surface area contributed by atoms with Gasteiger partial charge in [-0.3, -0.25) is 4.98 Å². The smallest absolute Gasteiger partial charge is 0.229 e. The quantitative estimate of drug-likeness (QED) is 0.257. The fourth-order valence-electron chi connectivity index (χ4n) is 4.60. The van der Waals surface area contributed by atoms with Crippen molar-refractivity contribution >= 4 is 40.4 Å². The molecule has 0 unspecified atom stereocenters. The number of rotatable bonds is 8. The van der Waals surface area contributed by atoms with Crippen molar-refractivity contribution in [3.05, 3.63) is 82.8 Å². The van der Waals surface area contributed by atoms with E-state index in [2.05, 4.69) is 43.0 Å². The first kappa shape index (κ1) is 23.8. The van der Waals surface area contributed by atoms with E-state index in [4.69, 9.17) is 21.1 Å². The molecule has 1 saturated carbocycles. The van der Waals surface area contributed by atoms with Gasteiger partial charge in [0, 0.05) is 29.5 Å². The van der Waals surface area contributed by atoms with Crippen LogP contribution in [0.15, 0.2) is 60.9 Å². The molecule has 3 N–H and O–H groups in total. The topological polar surface area (TPSA) is 117 Å². The Morgan fingerprint density at radius 1 is 1.11 bits per heavy atom. The highest BCUT2D eigenvalue weighted by atomic mass is 35.5. The Morgan fingerprint density at radius 2 is 2.00 bits per heavy atom. The number of nitrogens with one attached hydrogen (secondary N) is 3. The van der Waals surface area contributed by atoms with Crippen molar-refractivity contribution in [2.24, 2.45) is 0 Å². The van der Waals surface area contributed by atoms with Crippen LogP contribution >= 0.6 is 11.6 Å². The lowest BCUT2D eigenvalue weighted by Crippen LogP contribution is -2.08. The van der Waals surface area contributed by atoms with Crippen molar-refractivity contribution < 1.29 is 9.47 Å². The summed E-state index contributed by atoms with van der Waals surface area (Å²) in [6.07, 6.45) is 5.57. The van der Waals surface area contributed by atoms with Crippen LogP contribution in [-0.4, -0.2) is 28.6 Å². The Balaban J connectivity index is 1.21. The van der Waals surface area contributed by atoms with E-state index in [0.29, 0.717) is 46.1 Å². The molecule has 4 aromatic rings. The third-order valence-corrected chi connectivity index (χ3v) is 7.13. The maximum atomic E-state index is 9.63. The molecule has 190 valence electrons. The Hall–Kier alpha value is -4.55. The second-order valence-corrected chi connectivity index (χ2v) is 9.71. The maximum Gasteiger partial charge on any atom is 0.229 e. The molecular weight excluding hydrogens is 502 g/mol. The van der Waals surface area contributed by atoms with Crippen LogP contribution in [0.1, 0.15) is 29.7 Å². The van der Waals surface area contributed by atoms with Crippen molar-refractivity contribution in [3.8, 4) is 17.6 Å². The van der Waals surface area contributed by atoms with Crippen LogP contribution in [0, 0.1) is 11.3 Å². The second kappa shape index (κ2) is 9.72. The third kappa shape index (κ3) is 4.62. The van der Waals surface area contributed by atoms with Crippen molar-refractivity contribution in [2.45, 2.75) is 24.9 Å². The first-order valence-corrected chi connectivity index (χ1v) is 12.5.